The first-order chi connectivity index (χ1) is 18.6. The molecule has 2 aliphatic heterocycles. The van der Waals surface area contributed by atoms with Gasteiger partial charge in [0.15, 0.2) is 0 Å². The second-order valence-corrected chi connectivity index (χ2v) is 11.2. The number of amides is 1. The number of ether oxygens (including phenoxy) is 2. The molecule has 2 aliphatic rings. The van der Waals surface area contributed by atoms with Gasteiger partial charge in [0.2, 0.25) is 0 Å². The molecule has 0 aliphatic carbocycles. The predicted octanol–water partition coefficient (Wildman–Crippen LogP) is 5.00. The van der Waals surface area contributed by atoms with Crippen LogP contribution in [0.15, 0.2) is 60.7 Å². The van der Waals surface area contributed by atoms with Crippen molar-refractivity contribution in [2.24, 2.45) is 0 Å². The van der Waals surface area contributed by atoms with Crippen molar-refractivity contribution in [3.05, 3.63) is 82.9 Å². The number of aliphatic hydroxyl groups is 1. The maximum atomic E-state index is 13.5. The minimum absolute atomic E-state index is 0.0367. The molecule has 7 heteroatoms. The molecule has 1 N–H and O–H groups in total. The lowest BCUT2D eigenvalue weighted by molar-refractivity contribution is -0.140. The van der Waals surface area contributed by atoms with E-state index in [9.17, 15) is 14.7 Å². The Morgan fingerprint density at radius 2 is 1.79 bits per heavy atom. The maximum absolute atomic E-state index is 13.5. The Hall–Kier alpha value is -3.42. The number of hydrogen-bond donors (Lipinski definition) is 1. The van der Waals surface area contributed by atoms with Crippen LogP contribution in [0.3, 0.4) is 0 Å². The highest BCUT2D eigenvalue weighted by molar-refractivity contribution is 6.46. The molecule has 0 aromatic heterocycles. The van der Waals surface area contributed by atoms with E-state index in [0.29, 0.717) is 37.7 Å². The van der Waals surface area contributed by atoms with Gasteiger partial charge in [-0.3, -0.25) is 14.5 Å². The van der Waals surface area contributed by atoms with Crippen LogP contribution in [0.5, 0.6) is 5.75 Å². The van der Waals surface area contributed by atoms with Crippen LogP contribution < -0.4 is 4.74 Å². The molecule has 1 unspecified atom stereocenters. The largest absolute Gasteiger partial charge is 0.507 e. The highest BCUT2D eigenvalue weighted by Crippen LogP contribution is 2.40. The zero-order chi connectivity index (χ0) is 28.2. The highest BCUT2D eigenvalue weighted by atomic mass is 16.5. The first kappa shape index (κ1) is 28.6. The molecule has 208 valence electrons. The number of ketones is 1. The average molecular weight is 533 g/mol. The van der Waals surface area contributed by atoms with E-state index in [1.54, 1.807) is 23.1 Å². The maximum Gasteiger partial charge on any atom is 0.295 e. The number of likely N-dealkylation sites (tertiary alicyclic amines) is 1. The van der Waals surface area contributed by atoms with Crippen molar-refractivity contribution >= 4 is 17.4 Å². The van der Waals surface area contributed by atoms with Crippen LogP contribution in [0, 0.1) is 6.92 Å². The molecule has 2 fully saturated rings. The van der Waals surface area contributed by atoms with Crippen LogP contribution in [0.25, 0.3) is 5.76 Å². The second kappa shape index (κ2) is 12.2. The van der Waals surface area contributed by atoms with Crippen LogP contribution in [-0.2, 0) is 19.7 Å². The van der Waals surface area contributed by atoms with Gasteiger partial charge in [0, 0.05) is 31.7 Å². The number of aryl methyl sites for hydroxylation is 1. The molecular formula is C32H40N2O5. The number of aliphatic hydroxyl groups excluding tert-OH is 1. The van der Waals surface area contributed by atoms with E-state index in [4.69, 9.17) is 9.47 Å². The number of hydrogen-bond acceptors (Lipinski definition) is 6. The number of morpholine rings is 1. The summed E-state index contributed by atoms with van der Waals surface area (Å²) in [4.78, 5) is 30.8. The molecule has 2 aromatic carbocycles. The van der Waals surface area contributed by atoms with E-state index in [1.807, 2.05) is 37.3 Å². The van der Waals surface area contributed by atoms with Gasteiger partial charge >= 0.3 is 0 Å². The summed E-state index contributed by atoms with van der Waals surface area (Å²) in [6, 6.07) is 12.6. The molecule has 7 nitrogen and oxygen atoms in total. The van der Waals surface area contributed by atoms with Crippen molar-refractivity contribution in [1.29, 1.82) is 0 Å². The van der Waals surface area contributed by atoms with Crippen molar-refractivity contribution in [2.75, 3.05) is 46.0 Å². The van der Waals surface area contributed by atoms with Gasteiger partial charge in [-0.05, 0) is 53.6 Å². The summed E-state index contributed by atoms with van der Waals surface area (Å²) in [6.45, 7) is 16.7. The number of rotatable bonds is 9. The molecule has 2 saturated heterocycles. The van der Waals surface area contributed by atoms with E-state index < -0.39 is 17.7 Å². The average Bonchev–Trinajstić information content (AvgIpc) is 3.17. The van der Waals surface area contributed by atoms with Gasteiger partial charge in [-0.25, -0.2) is 0 Å². The Kier molecular flexibility index (Phi) is 8.93. The van der Waals surface area contributed by atoms with Gasteiger partial charge < -0.3 is 19.5 Å². The van der Waals surface area contributed by atoms with E-state index in [1.165, 1.54) is 0 Å². The van der Waals surface area contributed by atoms with Crippen LogP contribution in [0.2, 0.25) is 0 Å². The molecule has 4 rings (SSSR count). The fraction of sp³-hybridized carbons (Fsp3) is 0.438. The first-order valence-corrected chi connectivity index (χ1v) is 13.7. The van der Waals surface area contributed by atoms with Gasteiger partial charge in [-0.1, -0.05) is 57.7 Å². The molecular weight excluding hydrogens is 492 g/mol. The zero-order valence-electron chi connectivity index (χ0n) is 23.5. The number of carbonyl (C=O) groups excluding carboxylic acids is 2. The fourth-order valence-electron chi connectivity index (χ4n) is 5.20. The Labute approximate surface area is 231 Å². The molecule has 1 amide bonds. The molecule has 0 spiro atoms. The number of Topliss-reactive ketones (excluding diaryl/α,β-unsaturated/α-hetero) is 1. The minimum atomic E-state index is -0.667. The van der Waals surface area contributed by atoms with E-state index in [0.717, 1.165) is 42.7 Å². The number of nitrogens with zero attached hydrogens (tertiary/aromatic N) is 2. The Morgan fingerprint density at radius 3 is 2.41 bits per heavy atom. The summed E-state index contributed by atoms with van der Waals surface area (Å²) in [6.07, 6.45) is 2.38. The van der Waals surface area contributed by atoms with Crippen LogP contribution in [0.1, 0.15) is 55.5 Å². The highest BCUT2D eigenvalue weighted by Gasteiger charge is 2.46. The first-order valence-electron chi connectivity index (χ1n) is 13.7. The standard InChI is InChI=1S/C32H40N2O5/c1-6-18-39-25-12-13-26(22(2)21-25)29(35)27-28(23-8-10-24(11-9-23)32(3,4)5)34(31(37)30(27)36)15-7-14-33-16-19-38-20-17-33/h6,8-13,21,28,35H,1,7,14-20H2,2-5H3/b29-27-. The van der Waals surface area contributed by atoms with Crippen molar-refractivity contribution < 1.29 is 24.2 Å². The van der Waals surface area contributed by atoms with Gasteiger partial charge in [-0.2, -0.15) is 0 Å². The topological polar surface area (TPSA) is 79.3 Å². The van der Waals surface area contributed by atoms with Crippen LogP contribution in [-0.4, -0.2) is 72.6 Å². The lowest BCUT2D eigenvalue weighted by Gasteiger charge is -2.29. The molecule has 0 saturated carbocycles. The third-order valence-electron chi connectivity index (χ3n) is 7.43. The molecule has 0 bridgehead atoms. The Balaban J connectivity index is 1.70. The summed E-state index contributed by atoms with van der Waals surface area (Å²) >= 11 is 0. The van der Waals surface area contributed by atoms with E-state index >= 15 is 0 Å². The Bertz CT molecular complexity index is 1240. The molecule has 2 heterocycles. The third kappa shape index (κ3) is 6.43. The summed E-state index contributed by atoms with van der Waals surface area (Å²) in [5, 5.41) is 11.5. The van der Waals surface area contributed by atoms with E-state index in [-0.39, 0.29) is 16.7 Å². The number of benzene rings is 2. The quantitative estimate of drug-likeness (QED) is 0.212. The molecule has 39 heavy (non-hydrogen) atoms. The lowest BCUT2D eigenvalue weighted by Crippen LogP contribution is -2.39. The van der Waals surface area contributed by atoms with Gasteiger partial charge in [0.1, 0.15) is 18.1 Å². The third-order valence-corrected chi connectivity index (χ3v) is 7.43. The monoisotopic (exact) mass is 532 g/mol. The fourth-order valence-corrected chi connectivity index (χ4v) is 5.20. The summed E-state index contributed by atoms with van der Waals surface area (Å²) in [5.41, 5.74) is 3.29. The molecule has 2 aromatic rings. The Morgan fingerprint density at radius 1 is 1.10 bits per heavy atom. The van der Waals surface area contributed by atoms with Gasteiger partial charge in [-0.15, -0.1) is 0 Å². The van der Waals surface area contributed by atoms with Gasteiger partial charge in [0.25, 0.3) is 11.7 Å². The van der Waals surface area contributed by atoms with Crippen LogP contribution in [0.4, 0.5) is 0 Å². The lowest BCUT2D eigenvalue weighted by atomic mass is 9.85. The van der Waals surface area contributed by atoms with Crippen molar-refractivity contribution in [2.45, 2.75) is 45.6 Å². The SMILES string of the molecule is C=CCOc1ccc(/C(O)=C2/C(=O)C(=O)N(CCCN3CCOCC3)C2c2ccc(C(C)(C)C)cc2)c(C)c1. The smallest absolute Gasteiger partial charge is 0.295 e. The second-order valence-electron chi connectivity index (χ2n) is 11.2. The van der Waals surface area contributed by atoms with Crippen molar-refractivity contribution in [1.82, 2.24) is 9.80 Å². The predicted molar refractivity (Wildman–Crippen MR) is 153 cm³/mol. The van der Waals surface area contributed by atoms with Crippen molar-refractivity contribution in [3.8, 4) is 5.75 Å². The van der Waals surface area contributed by atoms with Crippen molar-refractivity contribution in [3.63, 3.8) is 0 Å². The number of carbonyl (C=O) groups is 2. The zero-order valence-corrected chi connectivity index (χ0v) is 23.5. The normalized spacial score (nSPS) is 19.9. The minimum Gasteiger partial charge on any atom is -0.507 e. The van der Waals surface area contributed by atoms with Crippen LogP contribution >= 0.6 is 0 Å². The summed E-state index contributed by atoms with van der Waals surface area (Å²) in [7, 11) is 0. The molecule has 0 radical (unpaired) electrons. The molecule has 1 atom stereocenters. The summed E-state index contributed by atoms with van der Waals surface area (Å²) in [5.74, 6) is -0.759. The summed E-state index contributed by atoms with van der Waals surface area (Å²) < 4.78 is 11.1. The van der Waals surface area contributed by atoms with E-state index in [2.05, 4.69) is 32.3 Å². The van der Waals surface area contributed by atoms with Gasteiger partial charge in [0.05, 0.1) is 24.8 Å².